The molecule has 1 aromatic heterocycles. The van der Waals surface area contributed by atoms with Crippen molar-refractivity contribution in [2.24, 2.45) is 0 Å². The first-order valence-corrected chi connectivity index (χ1v) is 12.2. The largest absolute Gasteiger partial charge is 0.507 e. The summed E-state index contributed by atoms with van der Waals surface area (Å²) in [6.07, 6.45) is 0. The molecule has 0 radical (unpaired) electrons. The van der Waals surface area contributed by atoms with E-state index in [2.05, 4.69) is 4.98 Å². The second-order valence-corrected chi connectivity index (χ2v) is 9.86. The van der Waals surface area contributed by atoms with Crippen molar-refractivity contribution in [3.63, 3.8) is 0 Å². The summed E-state index contributed by atoms with van der Waals surface area (Å²) < 4.78 is 6.21. The van der Waals surface area contributed by atoms with Gasteiger partial charge in [0.1, 0.15) is 11.5 Å². The predicted molar refractivity (Wildman–Crippen MR) is 143 cm³/mol. The topological polar surface area (TPSA) is 83.0 Å². The maximum atomic E-state index is 13.4. The predicted octanol–water partition coefficient (Wildman–Crippen LogP) is 5.31. The summed E-state index contributed by atoms with van der Waals surface area (Å²) >= 11 is 1.35. The second-order valence-electron chi connectivity index (χ2n) is 8.85. The average molecular weight is 500 g/mol. The number of aliphatic hydroxyl groups is 1. The van der Waals surface area contributed by atoms with Crippen LogP contribution in [0.4, 0.5) is 10.8 Å². The van der Waals surface area contributed by atoms with Crippen molar-refractivity contribution in [2.75, 3.05) is 31.0 Å². The summed E-state index contributed by atoms with van der Waals surface area (Å²) in [7, 11) is 5.40. The maximum absolute atomic E-state index is 13.4. The molecule has 5 rings (SSSR count). The Hall–Kier alpha value is -4.17. The van der Waals surface area contributed by atoms with Gasteiger partial charge in [-0.1, -0.05) is 41.7 Å². The Balaban J connectivity index is 1.72. The number of hydrogen-bond donors (Lipinski definition) is 1. The van der Waals surface area contributed by atoms with Crippen LogP contribution in [0, 0.1) is 6.92 Å². The van der Waals surface area contributed by atoms with Gasteiger partial charge in [0, 0.05) is 25.3 Å². The number of aromatic nitrogens is 1. The van der Waals surface area contributed by atoms with E-state index in [0.717, 1.165) is 21.5 Å². The molecule has 2 heterocycles. The van der Waals surface area contributed by atoms with Crippen LogP contribution in [0.3, 0.4) is 0 Å². The molecule has 1 fully saturated rings. The van der Waals surface area contributed by atoms with Crippen molar-refractivity contribution in [2.45, 2.75) is 13.0 Å². The van der Waals surface area contributed by atoms with Crippen LogP contribution in [-0.2, 0) is 9.59 Å². The number of amides is 1. The number of methoxy groups -OCH3 is 1. The normalized spacial score (nSPS) is 17.1. The summed E-state index contributed by atoms with van der Waals surface area (Å²) in [6.45, 7) is 1.99. The number of hydrogen-bond acceptors (Lipinski definition) is 7. The lowest BCUT2D eigenvalue weighted by Crippen LogP contribution is -2.29. The first-order chi connectivity index (χ1) is 17.3. The van der Waals surface area contributed by atoms with Crippen molar-refractivity contribution in [3.05, 3.63) is 89.0 Å². The number of benzene rings is 3. The molecule has 1 amide bonds. The van der Waals surface area contributed by atoms with Gasteiger partial charge in [-0.2, -0.15) is 0 Å². The van der Waals surface area contributed by atoms with Gasteiger partial charge in [0.15, 0.2) is 5.13 Å². The molecule has 4 aromatic rings. The van der Waals surface area contributed by atoms with Crippen LogP contribution in [0.25, 0.3) is 16.0 Å². The molecule has 182 valence electrons. The number of thiazole rings is 1. The van der Waals surface area contributed by atoms with Crippen molar-refractivity contribution < 1.29 is 19.4 Å². The van der Waals surface area contributed by atoms with Gasteiger partial charge in [-0.25, -0.2) is 4.98 Å². The van der Waals surface area contributed by atoms with E-state index in [0.29, 0.717) is 22.0 Å². The fraction of sp³-hybridized carbons (Fsp3) is 0.179. The highest BCUT2D eigenvalue weighted by Gasteiger charge is 2.48. The quantitative estimate of drug-likeness (QED) is 0.228. The number of anilines is 2. The first-order valence-electron chi connectivity index (χ1n) is 11.4. The highest BCUT2D eigenvalue weighted by atomic mass is 32.1. The lowest BCUT2D eigenvalue weighted by atomic mass is 9.95. The minimum Gasteiger partial charge on any atom is -0.507 e. The molecule has 1 aliphatic rings. The molecule has 1 saturated heterocycles. The molecule has 0 aliphatic carbocycles. The van der Waals surface area contributed by atoms with E-state index in [1.54, 1.807) is 24.3 Å². The van der Waals surface area contributed by atoms with Crippen LogP contribution in [0.5, 0.6) is 5.75 Å². The van der Waals surface area contributed by atoms with Gasteiger partial charge in [-0.15, -0.1) is 0 Å². The third-order valence-corrected chi connectivity index (χ3v) is 7.27. The second kappa shape index (κ2) is 9.13. The highest BCUT2D eigenvalue weighted by molar-refractivity contribution is 7.22. The number of ketones is 1. The standard InChI is InChI=1S/C28H25N3O4S/c1-16-8-13-21-22(14-16)36-28(29-21)31-24(17-9-11-19(12-10-17)30(2)3)23(26(33)27(31)34)25(32)18-6-5-7-20(15-18)35-4/h5-15,24,32H,1-4H3. The summed E-state index contributed by atoms with van der Waals surface area (Å²) in [5.41, 5.74) is 3.90. The molecule has 0 saturated carbocycles. The molecule has 36 heavy (non-hydrogen) atoms. The smallest absolute Gasteiger partial charge is 0.301 e. The average Bonchev–Trinajstić information content (AvgIpc) is 3.41. The van der Waals surface area contributed by atoms with Crippen LogP contribution in [-0.4, -0.2) is 43.0 Å². The maximum Gasteiger partial charge on any atom is 0.301 e. The number of rotatable bonds is 5. The Labute approximate surface area is 212 Å². The summed E-state index contributed by atoms with van der Waals surface area (Å²) in [6, 6.07) is 19.4. The molecule has 3 aromatic carbocycles. The summed E-state index contributed by atoms with van der Waals surface area (Å²) in [5.74, 6) is -1.21. The molecule has 1 atom stereocenters. The van der Waals surface area contributed by atoms with E-state index < -0.39 is 17.7 Å². The van der Waals surface area contributed by atoms with Gasteiger partial charge in [-0.05, 0) is 54.4 Å². The van der Waals surface area contributed by atoms with Crippen molar-refractivity contribution in [3.8, 4) is 5.75 Å². The molecule has 8 heteroatoms. The van der Waals surface area contributed by atoms with Crippen LogP contribution < -0.4 is 14.5 Å². The Kier molecular flexibility index (Phi) is 5.97. The molecule has 1 unspecified atom stereocenters. The van der Waals surface area contributed by atoms with E-state index >= 15 is 0 Å². The Morgan fingerprint density at radius 3 is 2.50 bits per heavy atom. The minimum atomic E-state index is -0.839. The van der Waals surface area contributed by atoms with Crippen LogP contribution in [0.2, 0.25) is 0 Å². The SMILES string of the molecule is COc1cccc(C(O)=C2C(=O)C(=O)N(c3nc4ccc(C)cc4s3)C2c2ccc(N(C)C)cc2)c1. The van der Waals surface area contributed by atoms with E-state index in [1.165, 1.54) is 23.3 Å². The van der Waals surface area contributed by atoms with Crippen molar-refractivity contribution in [1.82, 2.24) is 4.98 Å². The zero-order valence-electron chi connectivity index (χ0n) is 20.4. The third kappa shape index (κ3) is 3.99. The van der Waals surface area contributed by atoms with E-state index in [4.69, 9.17) is 4.74 Å². The molecule has 7 nitrogen and oxygen atoms in total. The van der Waals surface area contributed by atoms with Gasteiger partial charge < -0.3 is 14.7 Å². The molecule has 0 bridgehead atoms. The van der Waals surface area contributed by atoms with Gasteiger partial charge in [0.2, 0.25) is 0 Å². The van der Waals surface area contributed by atoms with Crippen LogP contribution in [0.15, 0.2) is 72.3 Å². The van der Waals surface area contributed by atoms with Gasteiger partial charge >= 0.3 is 5.91 Å². The minimum absolute atomic E-state index is 0.0151. The molecule has 1 aliphatic heterocycles. The third-order valence-electron chi connectivity index (χ3n) is 6.25. The highest BCUT2D eigenvalue weighted by Crippen LogP contribution is 2.44. The monoisotopic (exact) mass is 499 g/mol. The van der Waals surface area contributed by atoms with Crippen LogP contribution in [0.1, 0.15) is 22.7 Å². The first kappa shape index (κ1) is 23.6. The number of carbonyl (C=O) groups excluding carboxylic acids is 2. The van der Waals surface area contributed by atoms with Gasteiger partial charge in [0.05, 0.1) is 28.9 Å². The zero-order valence-corrected chi connectivity index (χ0v) is 21.2. The van der Waals surface area contributed by atoms with Crippen LogP contribution >= 0.6 is 11.3 Å². The summed E-state index contributed by atoms with van der Waals surface area (Å²) in [4.78, 5) is 34.9. The van der Waals surface area contributed by atoms with E-state index in [1.807, 2.05) is 68.4 Å². The molecule has 0 spiro atoms. The van der Waals surface area contributed by atoms with E-state index in [9.17, 15) is 14.7 Å². The summed E-state index contributed by atoms with van der Waals surface area (Å²) in [5, 5.41) is 11.7. The molecular formula is C28H25N3O4S. The van der Waals surface area contributed by atoms with Crippen molar-refractivity contribution in [1.29, 1.82) is 0 Å². The number of aliphatic hydroxyl groups excluding tert-OH is 1. The number of Topliss-reactive ketones (excluding diaryl/α,β-unsaturated/α-hetero) is 1. The van der Waals surface area contributed by atoms with Gasteiger partial charge in [0.25, 0.3) is 5.78 Å². The number of nitrogens with zero attached hydrogens (tertiary/aromatic N) is 3. The van der Waals surface area contributed by atoms with E-state index in [-0.39, 0.29) is 11.3 Å². The number of fused-ring (bicyclic) bond motifs is 1. The zero-order chi connectivity index (χ0) is 25.6. The number of carbonyl (C=O) groups is 2. The molecular weight excluding hydrogens is 474 g/mol. The lowest BCUT2D eigenvalue weighted by molar-refractivity contribution is -0.132. The fourth-order valence-electron chi connectivity index (χ4n) is 4.35. The number of ether oxygens (including phenoxy) is 1. The fourth-order valence-corrected chi connectivity index (χ4v) is 5.44. The Morgan fingerprint density at radius 2 is 1.81 bits per heavy atom. The Morgan fingerprint density at radius 1 is 1.06 bits per heavy atom. The van der Waals surface area contributed by atoms with Crippen molar-refractivity contribution >= 4 is 49.8 Å². The van der Waals surface area contributed by atoms with Gasteiger partial charge in [-0.3, -0.25) is 14.5 Å². The molecule has 1 N–H and O–H groups in total. The number of aryl methyl sites for hydroxylation is 1. The Bertz CT molecular complexity index is 1520. The lowest BCUT2D eigenvalue weighted by Gasteiger charge is -2.23.